The topological polar surface area (TPSA) is 159 Å². The van der Waals surface area contributed by atoms with Crippen molar-refractivity contribution in [3.63, 3.8) is 0 Å². The molecular formula is H4AlO8P3. The van der Waals surface area contributed by atoms with Gasteiger partial charge in [0, 0.05) is 0 Å². The Balaban J connectivity index is -0.000000142. The molecule has 0 unspecified atom stereocenters. The van der Waals surface area contributed by atoms with E-state index < -0.39 is 25.8 Å². The second-order valence-corrected chi connectivity index (χ2v) is 2.92. The Hall–Kier alpha value is 1.50. The van der Waals surface area contributed by atoms with Crippen molar-refractivity contribution in [1.82, 2.24) is 0 Å². The van der Waals surface area contributed by atoms with E-state index in [0.717, 1.165) is 0 Å². The Labute approximate surface area is 82.2 Å². The second-order valence-electron chi connectivity index (χ2n) is 0.811. The van der Waals surface area contributed by atoms with Crippen LogP contribution in [0.1, 0.15) is 0 Å². The first-order chi connectivity index (χ1) is 4.86. The van der Waals surface area contributed by atoms with E-state index in [1.165, 1.54) is 0 Å². The van der Waals surface area contributed by atoms with Gasteiger partial charge in [0.05, 0.1) is 0 Å². The average molecular weight is 252 g/mol. The fourth-order valence-corrected chi connectivity index (χ4v) is 0.588. The van der Waals surface area contributed by atoms with E-state index in [1.54, 1.807) is 0 Å². The van der Waals surface area contributed by atoms with E-state index in [-0.39, 0.29) is 17.4 Å². The van der Waals surface area contributed by atoms with Gasteiger partial charge in [0.2, 0.25) is 0 Å². The van der Waals surface area contributed by atoms with Crippen molar-refractivity contribution in [3.8, 4) is 0 Å². The van der Waals surface area contributed by atoms with Gasteiger partial charge in [-0.1, -0.05) is 0 Å². The van der Waals surface area contributed by atoms with Crippen molar-refractivity contribution < 1.29 is 38.6 Å². The zero-order chi connectivity index (χ0) is 9.44. The molecule has 0 aliphatic heterocycles. The monoisotopic (exact) mass is 252 g/mol. The molecule has 12 heavy (non-hydrogen) atoms. The Morgan fingerprint density at radius 2 is 1.00 bits per heavy atom. The minimum absolute atomic E-state index is 0. The molecule has 0 aromatic carbocycles. The third-order valence-electron chi connectivity index (χ3n) is 0.146. The molecular weight excluding hydrogens is 248 g/mol. The molecule has 0 fully saturated rings. The number of rotatable bonds is 2. The van der Waals surface area contributed by atoms with Crippen LogP contribution in [-0.4, -0.2) is 36.9 Å². The summed E-state index contributed by atoms with van der Waals surface area (Å²) >= 11 is 0. The summed E-state index contributed by atoms with van der Waals surface area (Å²) in [7, 11) is -8.59. The zero-order valence-corrected chi connectivity index (χ0v) is 9.18. The molecule has 0 aromatic rings. The predicted molar refractivity (Wildman–Crippen MR) is 36.5 cm³/mol. The molecule has 70 valence electrons. The Morgan fingerprint density at radius 1 is 0.833 bits per heavy atom. The fourth-order valence-electron chi connectivity index (χ4n) is 0.0653. The molecule has 0 amide bonds. The van der Waals surface area contributed by atoms with Crippen molar-refractivity contribution in [3.05, 3.63) is 0 Å². The molecule has 12 heteroatoms. The first kappa shape index (κ1) is 19.1. The third-order valence-corrected chi connectivity index (χ3v) is 1.31. The maximum Gasteiger partial charge on any atom is 3.00 e. The summed E-state index contributed by atoms with van der Waals surface area (Å²) in [6, 6.07) is 0. The van der Waals surface area contributed by atoms with Crippen LogP contribution in [0.3, 0.4) is 0 Å². The molecule has 0 aliphatic carbocycles. The number of hydrogen-bond donors (Lipinski definition) is 4. The van der Waals surface area contributed by atoms with Crippen molar-refractivity contribution >= 4 is 43.2 Å². The van der Waals surface area contributed by atoms with Crippen LogP contribution in [0.15, 0.2) is 0 Å². The minimum Gasteiger partial charge on any atom is -0.854 e. The largest absolute Gasteiger partial charge is 3.00 e. The summed E-state index contributed by atoms with van der Waals surface area (Å²) in [5.74, 6) is 0. The molecule has 8 nitrogen and oxygen atoms in total. The smallest absolute Gasteiger partial charge is 0.854 e. The average Bonchev–Trinajstić information content (AvgIpc) is 1.56. The predicted octanol–water partition coefficient (Wildman–Crippen LogP) is -3.66. The number of hydrogen-bond acceptors (Lipinski definition) is 8. The Morgan fingerprint density at radius 3 is 1.00 bits per heavy atom. The summed E-state index contributed by atoms with van der Waals surface area (Å²) in [6.07, 6.45) is 0. The van der Waals surface area contributed by atoms with E-state index in [1.807, 2.05) is 0 Å². The van der Waals surface area contributed by atoms with Gasteiger partial charge in [0.25, 0.3) is 0 Å². The molecule has 4 N–H and O–H groups in total. The van der Waals surface area contributed by atoms with E-state index in [0.29, 0.717) is 0 Å². The van der Waals surface area contributed by atoms with Crippen LogP contribution in [0, 0.1) is 0 Å². The molecule has 0 rings (SSSR count). The van der Waals surface area contributed by atoms with Crippen LogP contribution in [0.25, 0.3) is 0 Å². The third kappa shape index (κ3) is 41.9. The quantitative estimate of drug-likeness (QED) is 0.289. The molecule has 0 radical (unpaired) electrons. The second kappa shape index (κ2) is 12.5. The molecule has 0 aromatic heterocycles. The molecule has 0 saturated heterocycles. The normalized spacial score (nSPS) is 9.50. The van der Waals surface area contributed by atoms with E-state index in [9.17, 15) is 0 Å². The molecule has 0 atom stereocenters. The summed E-state index contributed by atoms with van der Waals surface area (Å²) in [4.78, 5) is 56.7. The van der Waals surface area contributed by atoms with Crippen molar-refractivity contribution in [1.29, 1.82) is 0 Å². The van der Waals surface area contributed by atoms with E-state index in [4.69, 9.17) is 34.3 Å². The summed E-state index contributed by atoms with van der Waals surface area (Å²) < 4.78 is 3.60. The van der Waals surface area contributed by atoms with Gasteiger partial charge in [-0.3, -0.25) is 0 Å². The summed E-state index contributed by atoms with van der Waals surface area (Å²) in [5.41, 5.74) is 0. The van der Waals surface area contributed by atoms with Crippen LogP contribution >= 0.6 is 25.8 Å². The maximum absolute atomic E-state index is 8.48. The maximum atomic E-state index is 8.48. The van der Waals surface area contributed by atoms with Gasteiger partial charge >= 0.3 is 34.6 Å². The van der Waals surface area contributed by atoms with Gasteiger partial charge in [-0.15, -0.1) is 0 Å². The van der Waals surface area contributed by atoms with E-state index in [2.05, 4.69) is 4.31 Å². The Kier molecular flexibility index (Phi) is 19.9. The Bertz CT molecular complexity index is 65.9. The molecule has 0 spiro atoms. The van der Waals surface area contributed by atoms with Crippen molar-refractivity contribution in [2.24, 2.45) is 0 Å². The standard InChI is InChI=1S/Al.H4O5P2.O3P/c;1-6(2)5-7(3)4;1-4(2)3/h;1-4H;/q+3;;-3. The molecule has 0 saturated carbocycles. The van der Waals surface area contributed by atoms with Crippen LogP contribution in [-0.2, 0) is 4.31 Å². The SMILES string of the molecule is OP(O)OP(O)O.[Al+3].[O-]P([O-])[O-]. The van der Waals surface area contributed by atoms with Crippen molar-refractivity contribution in [2.45, 2.75) is 0 Å². The van der Waals surface area contributed by atoms with Gasteiger partial charge in [-0.25, -0.2) is 4.31 Å². The van der Waals surface area contributed by atoms with Gasteiger partial charge in [0.15, 0.2) is 0 Å². The minimum atomic E-state index is -3.37. The summed E-state index contributed by atoms with van der Waals surface area (Å²) in [6.45, 7) is 0. The summed E-state index contributed by atoms with van der Waals surface area (Å²) in [5, 5.41) is 0. The first-order valence-corrected chi connectivity index (χ1v) is 5.14. The van der Waals surface area contributed by atoms with Crippen LogP contribution in [0.5, 0.6) is 0 Å². The van der Waals surface area contributed by atoms with Crippen LogP contribution < -0.4 is 14.7 Å². The first-order valence-electron chi connectivity index (χ1n) is 1.71. The van der Waals surface area contributed by atoms with Gasteiger partial charge in [-0.05, 0) is 0 Å². The molecule has 0 aliphatic rings. The van der Waals surface area contributed by atoms with Gasteiger partial charge in [0.1, 0.15) is 0 Å². The zero-order valence-electron chi connectivity index (χ0n) is 5.34. The van der Waals surface area contributed by atoms with Gasteiger partial charge < -0.3 is 42.9 Å². The van der Waals surface area contributed by atoms with Crippen LogP contribution in [0.2, 0.25) is 0 Å². The molecule has 0 bridgehead atoms. The van der Waals surface area contributed by atoms with Crippen molar-refractivity contribution in [2.75, 3.05) is 0 Å². The molecule has 0 heterocycles. The fraction of sp³-hybridized carbons (Fsp3) is 0. The van der Waals surface area contributed by atoms with E-state index >= 15 is 0 Å². The van der Waals surface area contributed by atoms with Gasteiger partial charge in [-0.2, -0.15) is 0 Å². The van der Waals surface area contributed by atoms with Crippen LogP contribution in [0.4, 0.5) is 0 Å².